The van der Waals surface area contributed by atoms with Crippen LogP contribution in [0.1, 0.15) is 25.6 Å². The summed E-state index contributed by atoms with van der Waals surface area (Å²) in [5.41, 5.74) is 0.421. The van der Waals surface area contributed by atoms with Crippen molar-refractivity contribution in [1.29, 1.82) is 0 Å². The number of nitro benzene ring substituents is 1. The first-order valence-corrected chi connectivity index (χ1v) is 9.41. The minimum Gasteiger partial charge on any atom is -0.496 e. The maximum absolute atomic E-state index is 13.3. The van der Waals surface area contributed by atoms with Crippen LogP contribution in [0.15, 0.2) is 48.5 Å². The fraction of sp³-hybridized carbons (Fsp3) is 0.100. The molecule has 0 unspecified atom stereocenters. The Kier molecular flexibility index (Phi) is 6.07. The number of nitro groups is 1. The van der Waals surface area contributed by atoms with Crippen molar-refractivity contribution in [3.63, 3.8) is 0 Å². The van der Waals surface area contributed by atoms with E-state index in [-0.39, 0.29) is 27.6 Å². The third kappa shape index (κ3) is 4.61. The van der Waals surface area contributed by atoms with E-state index in [2.05, 4.69) is 10.6 Å². The number of hydrogen-bond acceptors (Lipinski definition) is 6. The largest absolute Gasteiger partial charge is 0.496 e. The van der Waals surface area contributed by atoms with Crippen molar-refractivity contribution in [2.24, 2.45) is 0 Å². The molecule has 3 aromatic rings. The fourth-order valence-electron chi connectivity index (χ4n) is 2.66. The summed E-state index contributed by atoms with van der Waals surface area (Å²) >= 11 is 1.00. The van der Waals surface area contributed by atoms with Crippen LogP contribution in [-0.4, -0.2) is 23.8 Å². The van der Waals surface area contributed by atoms with Crippen LogP contribution in [-0.2, 0) is 0 Å². The van der Waals surface area contributed by atoms with Crippen LogP contribution in [0.4, 0.5) is 20.8 Å². The number of halogens is 1. The summed E-state index contributed by atoms with van der Waals surface area (Å²) in [5, 5.41) is 16.8. The van der Waals surface area contributed by atoms with Crippen LogP contribution >= 0.6 is 11.3 Å². The number of methoxy groups -OCH3 is 1. The summed E-state index contributed by atoms with van der Waals surface area (Å²) in [6, 6.07) is 10.9. The predicted octanol–water partition coefficient (Wildman–Crippen LogP) is 4.62. The molecule has 10 heteroatoms. The highest BCUT2D eigenvalue weighted by molar-refractivity contribution is 7.18. The lowest BCUT2D eigenvalue weighted by molar-refractivity contribution is -0.384. The van der Waals surface area contributed by atoms with Gasteiger partial charge in [0.1, 0.15) is 17.3 Å². The number of carbonyl (C=O) groups is 2. The van der Waals surface area contributed by atoms with Crippen molar-refractivity contribution in [3.8, 4) is 5.75 Å². The van der Waals surface area contributed by atoms with E-state index in [9.17, 15) is 24.1 Å². The lowest BCUT2D eigenvalue weighted by atomic mass is 10.2. The van der Waals surface area contributed by atoms with Gasteiger partial charge < -0.3 is 15.4 Å². The van der Waals surface area contributed by atoms with Crippen molar-refractivity contribution in [2.45, 2.75) is 6.92 Å². The van der Waals surface area contributed by atoms with E-state index in [0.29, 0.717) is 10.6 Å². The molecule has 0 bridgehead atoms. The Labute approximate surface area is 174 Å². The Morgan fingerprint density at radius 3 is 2.53 bits per heavy atom. The lowest BCUT2D eigenvalue weighted by Crippen LogP contribution is -2.13. The van der Waals surface area contributed by atoms with Gasteiger partial charge in [-0.3, -0.25) is 19.7 Å². The summed E-state index contributed by atoms with van der Waals surface area (Å²) in [4.78, 5) is 35.9. The van der Waals surface area contributed by atoms with Crippen molar-refractivity contribution in [1.82, 2.24) is 0 Å². The first-order valence-electron chi connectivity index (χ1n) is 8.59. The molecule has 0 atom stereocenters. The SMILES string of the molecule is COc1ccc(NC(=O)c2sc(NC(=O)c3cccc(F)c3)cc2C)c([N+](=O)[O-])c1. The van der Waals surface area contributed by atoms with Gasteiger partial charge in [-0.25, -0.2) is 4.39 Å². The highest BCUT2D eigenvalue weighted by atomic mass is 32.1. The molecule has 0 radical (unpaired) electrons. The van der Waals surface area contributed by atoms with Gasteiger partial charge in [0, 0.05) is 5.56 Å². The molecule has 0 aliphatic heterocycles. The molecule has 0 saturated carbocycles. The van der Waals surface area contributed by atoms with Crippen LogP contribution in [0.2, 0.25) is 0 Å². The molecular weight excluding hydrogens is 413 g/mol. The second-order valence-electron chi connectivity index (χ2n) is 6.18. The van der Waals surface area contributed by atoms with Crippen LogP contribution in [0.5, 0.6) is 5.75 Å². The van der Waals surface area contributed by atoms with E-state index >= 15 is 0 Å². The first-order chi connectivity index (χ1) is 14.3. The zero-order valence-electron chi connectivity index (χ0n) is 15.9. The van der Waals surface area contributed by atoms with Gasteiger partial charge in [0.25, 0.3) is 17.5 Å². The summed E-state index contributed by atoms with van der Waals surface area (Å²) < 4.78 is 18.3. The molecule has 1 aromatic heterocycles. The molecule has 0 saturated heterocycles. The molecule has 0 aliphatic rings. The lowest BCUT2D eigenvalue weighted by Gasteiger charge is -2.07. The van der Waals surface area contributed by atoms with E-state index in [1.54, 1.807) is 13.0 Å². The van der Waals surface area contributed by atoms with Crippen molar-refractivity contribution >= 4 is 39.5 Å². The van der Waals surface area contributed by atoms with Gasteiger partial charge in [0.05, 0.1) is 28.0 Å². The number of thiophene rings is 1. The van der Waals surface area contributed by atoms with Gasteiger partial charge in [-0.2, -0.15) is 0 Å². The number of carbonyl (C=O) groups excluding carboxylic acids is 2. The fourth-order valence-corrected chi connectivity index (χ4v) is 3.62. The maximum atomic E-state index is 13.3. The maximum Gasteiger partial charge on any atom is 0.296 e. The molecule has 2 N–H and O–H groups in total. The highest BCUT2D eigenvalue weighted by Crippen LogP contribution is 2.32. The Balaban J connectivity index is 1.79. The van der Waals surface area contributed by atoms with Gasteiger partial charge in [-0.15, -0.1) is 11.3 Å². The number of nitrogens with zero attached hydrogens (tertiary/aromatic N) is 1. The topological polar surface area (TPSA) is 111 Å². The molecule has 0 spiro atoms. The quantitative estimate of drug-likeness (QED) is 0.439. The van der Waals surface area contributed by atoms with Crippen LogP contribution in [0.3, 0.4) is 0 Å². The molecule has 154 valence electrons. The van der Waals surface area contributed by atoms with Crippen molar-refractivity contribution in [3.05, 3.63) is 80.5 Å². The van der Waals surface area contributed by atoms with Gasteiger partial charge in [0.15, 0.2) is 0 Å². The van der Waals surface area contributed by atoms with Crippen LogP contribution in [0.25, 0.3) is 0 Å². The summed E-state index contributed by atoms with van der Waals surface area (Å²) in [6.45, 7) is 1.67. The second kappa shape index (κ2) is 8.70. The van der Waals surface area contributed by atoms with Crippen LogP contribution in [0, 0.1) is 22.9 Å². The Morgan fingerprint density at radius 2 is 1.87 bits per heavy atom. The average molecular weight is 429 g/mol. The van der Waals surface area contributed by atoms with Gasteiger partial charge in [0.2, 0.25) is 0 Å². The summed E-state index contributed by atoms with van der Waals surface area (Å²) in [6.07, 6.45) is 0. The van der Waals surface area contributed by atoms with Crippen molar-refractivity contribution < 1.29 is 23.6 Å². The van der Waals surface area contributed by atoms with E-state index in [1.165, 1.54) is 43.5 Å². The number of rotatable bonds is 6. The third-order valence-corrected chi connectivity index (χ3v) is 5.25. The van der Waals surface area contributed by atoms with Crippen molar-refractivity contribution in [2.75, 3.05) is 17.7 Å². The first kappa shape index (κ1) is 20.9. The summed E-state index contributed by atoms with van der Waals surface area (Å²) in [7, 11) is 1.38. The number of aryl methyl sites for hydroxylation is 1. The monoisotopic (exact) mass is 429 g/mol. The highest BCUT2D eigenvalue weighted by Gasteiger charge is 2.21. The van der Waals surface area contributed by atoms with E-state index in [4.69, 9.17) is 4.74 Å². The predicted molar refractivity (Wildman–Crippen MR) is 111 cm³/mol. The zero-order valence-corrected chi connectivity index (χ0v) is 16.7. The van der Waals surface area contributed by atoms with E-state index in [0.717, 1.165) is 17.4 Å². The van der Waals surface area contributed by atoms with E-state index in [1.807, 2.05) is 0 Å². The number of ether oxygens (including phenoxy) is 1. The van der Waals surface area contributed by atoms with Gasteiger partial charge in [-0.1, -0.05) is 6.07 Å². The molecule has 3 rings (SSSR count). The molecule has 2 aromatic carbocycles. The number of benzene rings is 2. The third-order valence-electron chi connectivity index (χ3n) is 4.10. The molecule has 1 heterocycles. The minimum atomic E-state index is -0.621. The smallest absolute Gasteiger partial charge is 0.296 e. The molecular formula is C20H16FN3O5S. The van der Waals surface area contributed by atoms with Crippen LogP contribution < -0.4 is 15.4 Å². The normalized spacial score (nSPS) is 10.4. The van der Waals surface area contributed by atoms with E-state index < -0.39 is 22.6 Å². The zero-order chi connectivity index (χ0) is 21.8. The van der Waals surface area contributed by atoms with Gasteiger partial charge >= 0.3 is 0 Å². The average Bonchev–Trinajstić information content (AvgIpc) is 3.08. The summed E-state index contributed by atoms with van der Waals surface area (Å²) in [5.74, 6) is -1.33. The molecule has 30 heavy (non-hydrogen) atoms. The number of nitrogens with one attached hydrogen (secondary N) is 2. The standard InChI is InChI=1S/C20H16FN3O5S/c1-11-8-17(23-19(25)12-4-3-5-13(21)9-12)30-18(11)20(26)22-15-7-6-14(29-2)10-16(15)24(27)28/h3-10H,1-2H3,(H,22,26)(H,23,25). The molecule has 8 nitrogen and oxygen atoms in total. The Morgan fingerprint density at radius 1 is 1.10 bits per heavy atom. The van der Waals surface area contributed by atoms with Gasteiger partial charge in [-0.05, 0) is 48.9 Å². The molecule has 0 aliphatic carbocycles. The molecule has 2 amide bonds. The Hall–Kier alpha value is -3.79. The second-order valence-corrected chi connectivity index (χ2v) is 7.23. The number of amides is 2. The Bertz CT molecular complexity index is 1150. The number of anilines is 2. The minimum absolute atomic E-state index is 0.0175. The molecule has 0 fully saturated rings. The number of hydrogen-bond donors (Lipinski definition) is 2.